The van der Waals surface area contributed by atoms with E-state index in [1.54, 1.807) is 50.4 Å². The van der Waals surface area contributed by atoms with E-state index in [-0.39, 0.29) is 16.8 Å². The predicted octanol–water partition coefficient (Wildman–Crippen LogP) is 3.43. The summed E-state index contributed by atoms with van der Waals surface area (Å²) >= 11 is 1.89. The summed E-state index contributed by atoms with van der Waals surface area (Å²) in [4.78, 5) is 12.7. The van der Waals surface area contributed by atoms with E-state index < -0.39 is 10.0 Å². The average Bonchev–Trinajstić information content (AvgIpc) is 2.69. The van der Waals surface area contributed by atoms with E-state index in [2.05, 4.69) is 10.0 Å². The highest BCUT2D eigenvalue weighted by Crippen LogP contribution is 2.23. The molecule has 0 saturated carbocycles. The van der Waals surface area contributed by atoms with Gasteiger partial charge in [-0.05, 0) is 73.2 Å². The van der Waals surface area contributed by atoms with Gasteiger partial charge in [-0.1, -0.05) is 6.07 Å². The molecule has 1 heterocycles. The number of ether oxygens (including phenoxy) is 1. The van der Waals surface area contributed by atoms with Gasteiger partial charge in [0.25, 0.3) is 15.9 Å². The molecule has 1 amide bonds. The zero-order valence-corrected chi connectivity index (χ0v) is 17.5. The Bertz CT molecular complexity index is 937. The van der Waals surface area contributed by atoms with Crippen molar-refractivity contribution in [2.24, 2.45) is 0 Å². The van der Waals surface area contributed by atoms with Crippen molar-refractivity contribution >= 4 is 33.4 Å². The third kappa shape index (κ3) is 4.99. The Kier molecular flexibility index (Phi) is 6.51. The Labute approximate surface area is 170 Å². The van der Waals surface area contributed by atoms with Gasteiger partial charge in [-0.15, -0.1) is 0 Å². The second-order valence-corrected chi connectivity index (χ2v) is 9.55. The number of nitrogens with one attached hydrogen (secondary N) is 2. The van der Waals surface area contributed by atoms with Gasteiger partial charge in [-0.25, -0.2) is 8.42 Å². The normalized spacial score (nSPS) is 15.1. The van der Waals surface area contributed by atoms with E-state index in [9.17, 15) is 13.2 Å². The van der Waals surface area contributed by atoms with E-state index in [0.29, 0.717) is 22.6 Å². The van der Waals surface area contributed by atoms with Gasteiger partial charge in [-0.3, -0.25) is 9.52 Å². The van der Waals surface area contributed by atoms with Crippen molar-refractivity contribution in [3.05, 3.63) is 53.6 Å². The molecule has 3 rings (SSSR count). The quantitative estimate of drug-likeness (QED) is 0.748. The van der Waals surface area contributed by atoms with Gasteiger partial charge >= 0.3 is 0 Å². The summed E-state index contributed by atoms with van der Waals surface area (Å²) in [5.41, 5.74) is 1.35. The maximum atomic E-state index is 12.9. The number of benzene rings is 2. The molecule has 0 aliphatic carbocycles. The van der Waals surface area contributed by atoms with Gasteiger partial charge in [0.2, 0.25) is 0 Å². The minimum Gasteiger partial charge on any atom is -0.497 e. The molecule has 1 aliphatic rings. The highest BCUT2D eigenvalue weighted by atomic mass is 32.2. The number of thioether (sulfide) groups is 1. The first kappa shape index (κ1) is 20.5. The van der Waals surface area contributed by atoms with E-state index >= 15 is 0 Å². The first-order chi connectivity index (χ1) is 13.4. The average molecular weight is 421 g/mol. The van der Waals surface area contributed by atoms with Crippen LogP contribution in [0.3, 0.4) is 0 Å². The van der Waals surface area contributed by atoms with E-state index in [0.717, 1.165) is 24.3 Å². The fourth-order valence-corrected chi connectivity index (χ4v) is 5.45. The number of hydrogen-bond acceptors (Lipinski definition) is 5. The molecule has 1 aliphatic heterocycles. The SMILES string of the molecule is COc1ccc(NS(=O)(=O)c2cc(C(=O)NC3CCSCC3)ccc2C)cc1. The van der Waals surface area contributed by atoms with Crippen LogP contribution in [-0.2, 0) is 10.0 Å². The number of hydrogen-bond donors (Lipinski definition) is 2. The Balaban J connectivity index is 1.79. The molecule has 8 heteroatoms. The van der Waals surface area contributed by atoms with Crippen LogP contribution in [0, 0.1) is 6.92 Å². The number of sulfonamides is 1. The van der Waals surface area contributed by atoms with Gasteiger partial charge in [0.1, 0.15) is 5.75 Å². The van der Waals surface area contributed by atoms with Gasteiger partial charge < -0.3 is 10.1 Å². The minimum absolute atomic E-state index is 0.0927. The van der Waals surface area contributed by atoms with Crippen molar-refractivity contribution in [3.63, 3.8) is 0 Å². The summed E-state index contributed by atoms with van der Waals surface area (Å²) in [5.74, 6) is 2.46. The smallest absolute Gasteiger partial charge is 0.262 e. The molecule has 2 N–H and O–H groups in total. The molecule has 150 valence electrons. The number of aryl methyl sites for hydroxylation is 1. The zero-order valence-electron chi connectivity index (χ0n) is 15.9. The molecule has 6 nitrogen and oxygen atoms in total. The van der Waals surface area contributed by atoms with E-state index in [1.807, 2.05) is 11.8 Å². The van der Waals surface area contributed by atoms with E-state index in [1.165, 1.54) is 6.07 Å². The van der Waals surface area contributed by atoms with Crippen LogP contribution in [0.5, 0.6) is 5.75 Å². The molecule has 0 bridgehead atoms. The molecule has 2 aromatic rings. The Hall–Kier alpha value is -2.19. The fraction of sp³-hybridized carbons (Fsp3) is 0.350. The van der Waals surface area contributed by atoms with Crippen molar-refractivity contribution < 1.29 is 17.9 Å². The summed E-state index contributed by atoms with van der Waals surface area (Å²) in [7, 11) is -2.28. The van der Waals surface area contributed by atoms with Crippen LogP contribution in [0.1, 0.15) is 28.8 Å². The zero-order chi connectivity index (χ0) is 20.1. The van der Waals surface area contributed by atoms with Crippen molar-refractivity contribution in [1.82, 2.24) is 5.32 Å². The monoisotopic (exact) mass is 420 g/mol. The molecule has 0 unspecified atom stereocenters. The predicted molar refractivity (Wildman–Crippen MR) is 113 cm³/mol. The lowest BCUT2D eigenvalue weighted by Gasteiger charge is -2.22. The molecular weight excluding hydrogens is 396 g/mol. The topological polar surface area (TPSA) is 84.5 Å². The first-order valence-corrected chi connectivity index (χ1v) is 11.7. The summed E-state index contributed by atoms with van der Waals surface area (Å²) in [6.07, 6.45) is 1.87. The third-order valence-electron chi connectivity index (χ3n) is 4.64. The van der Waals surface area contributed by atoms with Crippen LogP contribution >= 0.6 is 11.8 Å². The highest BCUT2D eigenvalue weighted by molar-refractivity contribution is 7.99. The van der Waals surface area contributed by atoms with Crippen LogP contribution in [0.15, 0.2) is 47.4 Å². The molecule has 28 heavy (non-hydrogen) atoms. The van der Waals surface area contributed by atoms with Crippen molar-refractivity contribution in [2.75, 3.05) is 23.3 Å². The fourth-order valence-electron chi connectivity index (χ4n) is 3.01. The minimum atomic E-state index is -3.83. The number of amides is 1. The first-order valence-electron chi connectivity index (χ1n) is 9.05. The Morgan fingerprint density at radius 3 is 2.43 bits per heavy atom. The largest absolute Gasteiger partial charge is 0.497 e. The second kappa shape index (κ2) is 8.87. The number of methoxy groups -OCH3 is 1. The van der Waals surface area contributed by atoms with E-state index in [4.69, 9.17) is 4.74 Å². The van der Waals surface area contributed by atoms with Gasteiger partial charge in [0.15, 0.2) is 0 Å². The lowest BCUT2D eigenvalue weighted by atomic mass is 10.1. The van der Waals surface area contributed by atoms with Crippen molar-refractivity contribution in [3.8, 4) is 5.75 Å². The maximum Gasteiger partial charge on any atom is 0.262 e. The van der Waals surface area contributed by atoms with Gasteiger partial charge in [0, 0.05) is 17.3 Å². The molecular formula is C20H24N2O4S2. The van der Waals surface area contributed by atoms with Gasteiger partial charge in [-0.2, -0.15) is 11.8 Å². The number of anilines is 1. The van der Waals surface area contributed by atoms with Crippen LogP contribution in [0.25, 0.3) is 0 Å². The Morgan fingerprint density at radius 2 is 1.79 bits per heavy atom. The molecule has 0 atom stereocenters. The molecule has 1 fully saturated rings. The van der Waals surface area contributed by atoms with Crippen molar-refractivity contribution in [1.29, 1.82) is 0 Å². The number of rotatable bonds is 6. The molecule has 0 spiro atoms. The molecule has 2 aromatic carbocycles. The number of carbonyl (C=O) groups is 1. The third-order valence-corrected chi connectivity index (χ3v) is 7.21. The lowest BCUT2D eigenvalue weighted by molar-refractivity contribution is 0.0934. The second-order valence-electron chi connectivity index (χ2n) is 6.67. The van der Waals surface area contributed by atoms with Crippen LogP contribution in [0.2, 0.25) is 0 Å². The summed E-state index contributed by atoms with van der Waals surface area (Å²) < 4.78 is 33.4. The summed E-state index contributed by atoms with van der Waals surface area (Å²) in [6.45, 7) is 1.71. The summed E-state index contributed by atoms with van der Waals surface area (Å²) in [6, 6.07) is 11.5. The van der Waals surface area contributed by atoms with Crippen LogP contribution in [0.4, 0.5) is 5.69 Å². The van der Waals surface area contributed by atoms with Crippen LogP contribution in [-0.4, -0.2) is 39.0 Å². The number of carbonyl (C=O) groups excluding carboxylic acids is 1. The maximum absolute atomic E-state index is 12.9. The standard InChI is InChI=1S/C20H24N2O4S2/c1-14-3-4-15(20(23)21-16-9-11-27-12-10-16)13-19(14)28(24,25)22-17-5-7-18(26-2)8-6-17/h3-8,13,16,22H,9-12H2,1-2H3,(H,21,23). The molecule has 1 saturated heterocycles. The summed E-state index contributed by atoms with van der Waals surface area (Å²) in [5, 5.41) is 3.01. The van der Waals surface area contributed by atoms with Gasteiger partial charge in [0.05, 0.1) is 12.0 Å². The highest BCUT2D eigenvalue weighted by Gasteiger charge is 2.21. The molecule has 0 radical (unpaired) electrons. The molecule has 0 aromatic heterocycles. The lowest BCUT2D eigenvalue weighted by Crippen LogP contribution is -2.37. The van der Waals surface area contributed by atoms with Crippen molar-refractivity contribution in [2.45, 2.75) is 30.7 Å². The Morgan fingerprint density at radius 1 is 1.11 bits per heavy atom. The van der Waals surface area contributed by atoms with Crippen LogP contribution < -0.4 is 14.8 Å².